The molecule has 7 heteroatoms. The van der Waals surface area contributed by atoms with Gasteiger partial charge < -0.3 is 15.0 Å². The Morgan fingerprint density at radius 1 is 0.900 bits per heavy atom. The topological polar surface area (TPSA) is 75.7 Å². The number of amides is 1. The first-order chi connectivity index (χ1) is 18.9. The maximum atomic E-state index is 13.8. The van der Waals surface area contributed by atoms with E-state index in [4.69, 9.17) is 4.74 Å². The number of para-hydroxylation sites is 1. The highest BCUT2D eigenvalue weighted by Gasteiger charge is 2.48. The number of nitrogens with one attached hydrogen (secondary N) is 1. The van der Waals surface area contributed by atoms with Crippen molar-refractivity contribution < 1.29 is 23.5 Å². The molecule has 6 nitrogen and oxygen atoms in total. The van der Waals surface area contributed by atoms with Gasteiger partial charge in [-0.2, -0.15) is 0 Å². The number of halogens is 1. The van der Waals surface area contributed by atoms with Crippen LogP contribution in [0.5, 0.6) is 5.75 Å². The van der Waals surface area contributed by atoms with E-state index in [1.54, 1.807) is 24.3 Å². The molecule has 1 aliphatic heterocycles. The average molecular weight is 545 g/mol. The lowest BCUT2D eigenvalue weighted by molar-refractivity contribution is -0.120. The number of allylic oxidation sites excluding steroid dienone is 4. The van der Waals surface area contributed by atoms with E-state index >= 15 is 0 Å². The second-order valence-electron chi connectivity index (χ2n) is 12.7. The fraction of sp³-hybridized carbons (Fsp3) is 0.424. The number of anilines is 1. The molecule has 1 amide bonds. The lowest BCUT2D eigenvalue weighted by Crippen LogP contribution is -2.44. The molecule has 0 radical (unpaired) electrons. The lowest BCUT2D eigenvalue weighted by Gasteiger charge is -2.48. The van der Waals surface area contributed by atoms with Crippen molar-refractivity contribution in [1.82, 2.24) is 4.90 Å². The van der Waals surface area contributed by atoms with Gasteiger partial charge in [0.05, 0.1) is 5.69 Å². The first-order valence-corrected chi connectivity index (χ1v) is 14.0. The van der Waals surface area contributed by atoms with E-state index in [1.807, 2.05) is 12.1 Å². The van der Waals surface area contributed by atoms with Gasteiger partial charge in [-0.3, -0.25) is 14.4 Å². The molecular formula is C33H37FN2O4. The maximum absolute atomic E-state index is 13.8. The molecule has 0 aromatic heterocycles. The molecule has 1 N–H and O–H groups in total. The summed E-state index contributed by atoms with van der Waals surface area (Å²) in [5, 5.41) is 2.51. The highest BCUT2D eigenvalue weighted by Crippen LogP contribution is 2.54. The SMILES string of the molecule is CCN1C2=C(C(=O)CC(C)(C)C2)C(c2ccc(OCC(=O)Nc3ccccc3F)cc2)C2=C1CC(C)(C)CC2=O. The number of hydrogen-bond acceptors (Lipinski definition) is 5. The maximum Gasteiger partial charge on any atom is 0.262 e. The quantitative estimate of drug-likeness (QED) is 0.446. The molecule has 1 heterocycles. The largest absolute Gasteiger partial charge is 0.484 e. The van der Waals surface area contributed by atoms with Crippen molar-refractivity contribution in [3.05, 3.63) is 82.5 Å². The Balaban J connectivity index is 1.45. The summed E-state index contributed by atoms with van der Waals surface area (Å²) in [7, 11) is 0. The summed E-state index contributed by atoms with van der Waals surface area (Å²) in [6, 6.07) is 13.2. The van der Waals surface area contributed by atoms with Gasteiger partial charge in [-0.15, -0.1) is 0 Å². The van der Waals surface area contributed by atoms with Crippen LogP contribution in [-0.2, 0) is 14.4 Å². The minimum Gasteiger partial charge on any atom is -0.484 e. The predicted octanol–water partition coefficient (Wildman–Crippen LogP) is 6.55. The first kappa shape index (κ1) is 27.8. The Bertz CT molecular complexity index is 1380. The molecule has 210 valence electrons. The van der Waals surface area contributed by atoms with Crippen molar-refractivity contribution in [2.24, 2.45) is 10.8 Å². The Morgan fingerprint density at radius 2 is 1.45 bits per heavy atom. The summed E-state index contributed by atoms with van der Waals surface area (Å²) >= 11 is 0. The number of hydrogen-bond donors (Lipinski definition) is 1. The normalized spacial score (nSPS) is 20.3. The molecule has 0 unspecified atom stereocenters. The third-order valence-electron chi connectivity index (χ3n) is 8.07. The van der Waals surface area contributed by atoms with Crippen molar-refractivity contribution in [1.29, 1.82) is 0 Å². The van der Waals surface area contributed by atoms with Crippen LogP contribution in [0, 0.1) is 16.6 Å². The van der Waals surface area contributed by atoms with E-state index in [2.05, 4.69) is 44.8 Å². The zero-order chi connectivity index (χ0) is 28.8. The first-order valence-electron chi connectivity index (χ1n) is 14.0. The van der Waals surface area contributed by atoms with Crippen molar-refractivity contribution in [2.45, 2.75) is 66.2 Å². The molecule has 0 spiro atoms. The molecule has 2 aromatic rings. The number of ketones is 2. The molecule has 5 rings (SSSR count). The Kier molecular flexibility index (Phi) is 7.19. The van der Waals surface area contributed by atoms with E-state index in [0.717, 1.165) is 40.9 Å². The summed E-state index contributed by atoms with van der Waals surface area (Å²) in [6.07, 6.45) is 2.45. The number of Topliss-reactive ketones (excluding diaryl/α,β-unsaturated/α-hetero) is 2. The Hall–Kier alpha value is -3.74. The number of carbonyl (C=O) groups excluding carboxylic acids is 3. The molecule has 2 aromatic carbocycles. The molecule has 0 saturated heterocycles. The summed E-state index contributed by atoms with van der Waals surface area (Å²) < 4.78 is 19.5. The van der Waals surface area contributed by atoms with E-state index in [9.17, 15) is 18.8 Å². The molecule has 0 saturated carbocycles. The second-order valence-corrected chi connectivity index (χ2v) is 12.7. The van der Waals surface area contributed by atoms with Gasteiger partial charge in [-0.1, -0.05) is 52.0 Å². The third-order valence-corrected chi connectivity index (χ3v) is 8.07. The average Bonchev–Trinajstić information content (AvgIpc) is 2.87. The predicted molar refractivity (Wildman–Crippen MR) is 152 cm³/mol. The lowest BCUT2D eigenvalue weighted by atomic mass is 9.63. The number of benzene rings is 2. The number of rotatable bonds is 6. The number of nitrogens with zero attached hydrogens (tertiary/aromatic N) is 1. The highest BCUT2D eigenvalue weighted by molar-refractivity contribution is 6.06. The zero-order valence-corrected chi connectivity index (χ0v) is 23.9. The highest BCUT2D eigenvalue weighted by atomic mass is 19.1. The summed E-state index contributed by atoms with van der Waals surface area (Å²) in [6.45, 7) is 11.0. The van der Waals surface area contributed by atoms with Crippen molar-refractivity contribution in [3.63, 3.8) is 0 Å². The van der Waals surface area contributed by atoms with Crippen LogP contribution in [0.4, 0.5) is 10.1 Å². The van der Waals surface area contributed by atoms with Gasteiger partial charge in [0.25, 0.3) is 5.91 Å². The summed E-state index contributed by atoms with van der Waals surface area (Å²) in [5.41, 5.74) is 4.23. The third kappa shape index (κ3) is 5.34. The van der Waals surface area contributed by atoms with Gasteiger partial charge in [-0.05, 0) is 60.4 Å². The van der Waals surface area contributed by atoms with E-state index in [1.165, 1.54) is 12.1 Å². The molecule has 0 bridgehead atoms. The van der Waals surface area contributed by atoms with Crippen LogP contribution in [0.1, 0.15) is 71.8 Å². The molecule has 0 atom stereocenters. The van der Waals surface area contributed by atoms with Crippen LogP contribution in [0.15, 0.2) is 71.1 Å². The van der Waals surface area contributed by atoms with Crippen LogP contribution in [0.25, 0.3) is 0 Å². The van der Waals surface area contributed by atoms with Crippen LogP contribution in [-0.4, -0.2) is 35.5 Å². The van der Waals surface area contributed by atoms with E-state index in [-0.39, 0.29) is 34.7 Å². The van der Waals surface area contributed by atoms with Crippen LogP contribution in [0.3, 0.4) is 0 Å². The minimum atomic E-state index is -0.516. The Labute approximate surface area is 235 Å². The van der Waals surface area contributed by atoms with Gasteiger partial charge in [0, 0.05) is 47.8 Å². The smallest absolute Gasteiger partial charge is 0.262 e. The molecule has 0 fully saturated rings. The number of ether oxygens (including phenoxy) is 1. The molecule has 2 aliphatic carbocycles. The fourth-order valence-electron chi connectivity index (χ4n) is 6.42. The van der Waals surface area contributed by atoms with Gasteiger partial charge in [-0.25, -0.2) is 4.39 Å². The van der Waals surface area contributed by atoms with Crippen molar-refractivity contribution in [2.75, 3.05) is 18.5 Å². The summed E-state index contributed by atoms with van der Waals surface area (Å²) in [5.74, 6) is -0.741. The van der Waals surface area contributed by atoms with Gasteiger partial charge in [0.2, 0.25) is 0 Å². The van der Waals surface area contributed by atoms with Crippen LogP contribution >= 0.6 is 0 Å². The standard InChI is InChI=1S/C33H37FN2O4/c1-6-36-24-15-32(2,3)17-26(37)30(24)29(31-25(36)16-33(4,5)18-27(31)38)20-11-13-21(14-12-20)40-19-28(39)35-23-10-8-7-9-22(23)34/h7-14,29H,6,15-19H2,1-5H3,(H,35,39). The van der Waals surface area contributed by atoms with Gasteiger partial charge >= 0.3 is 0 Å². The fourth-order valence-corrected chi connectivity index (χ4v) is 6.42. The van der Waals surface area contributed by atoms with Crippen LogP contribution < -0.4 is 10.1 Å². The van der Waals surface area contributed by atoms with Gasteiger partial charge in [0.15, 0.2) is 18.2 Å². The molecule has 40 heavy (non-hydrogen) atoms. The van der Waals surface area contributed by atoms with Gasteiger partial charge in [0.1, 0.15) is 11.6 Å². The van der Waals surface area contributed by atoms with Crippen molar-refractivity contribution in [3.8, 4) is 5.75 Å². The summed E-state index contributed by atoms with van der Waals surface area (Å²) in [4.78, 5) is 42.0. The monoisotopic (exact) mass is 544 g/mol. The molecular weight excluding hydrogens is 507 g/mol. The molecule has 3 aliphatic rings. The van der Waals surface area contributed by atoms with E-state index in [0.29, 0.717) is 25.1 Å². The van der Waals surface area contributed by atoms with Crippen LogP contribution in [0.2, 0.25) is 0 Å². The zero-order valence-electron chi connectivity index (χ0n) is 23.9. The number of carbonyl (C=O) groups is 3. The minimum absolute atomic E-state index is 0.0960. The Morgan fingerprint density at radius 3 is 1.98 bits per heavy atom. The van der Waals surface area contributed by atoms with E-state index < -0.39 is 17.6 Å². The second kappa shape index (κ2) is 10.3. The van der Waals surface area contributed by atoms with Crippen molar-refractivity contribution >= 4 is 23.2 Å².